The van der Waals surface area contributed by atoms with Crippen molar-refractivity contribution in [2.45, 2.75) is 23.3 Å². The number of rotatable bonds is 7. The van der Waals surface area contributed by atoms with Gasteiger partial charge in [0.1, 0.15) is 4.75 Å². The van der Waals surface area contributed by atoms with Gasteiger partial charge in [0.15, 0.2) is 0 Å². The maximum absolute atomic E-state index is 12.2. The minimum absolute atomic E-state index is 0.189. The summed E-state index contributed by atoms with van der Waals surface area (Å²) in [5.41, 5.74) is 7.88. The number of primary amides is 1. The molecule has 2 N–H and O–H groups in total. The zero-order valence-corrected chi connectivity index (χ0v) is 14.6. The van der Waals surface area contributed by atoms with Crippen LogP contribution in [0.4, 0.5) is 0 Å². The van der Waals surface area contributed by atoms with E-state index in [9.17, 15) is 4.79 Å². The summed E-state index contributed by atoms with van der Waals surface area (Å²) in [4.78, 5) is 12.2. The van der Waals surface area contributed by atoms with Crippen molar-refractivity contribution >= 4 is 29.3 Å². The Labute approximate surface area is 146 Å². The lowest BCUT2D eigenvalue weighted by Crippen LogP contribution is -2.43. The summed E-state index contributed by atoms with van der Waals surface area (Å²) in [7, 11) is 0. The first-order chi connectivity index (χ1) is 11.0. The molecule has 0 saturated carbocycles. The van der Waals surface area contributed by atoms with Crippen LogP contribution in [0, 0.1) is 0 Å². The second kappa shape index (κ2) is 7.71. The van der Waals surface area contributed by atoms with Gasteiger partial charge in [0.25, 0.3) is 0 Å². The van der Waals surface area contributed by atoms with Gasteiger partial charge < -0.3 is 5.73 Å². The van der Waals surface area contributed by atoms with Crippen LogP contribution >= 0.6 is 23.4 Å². The van der Waals surface area contributed by atoms with Crippen molar-refractivity contribution in [1.82, 2.24) is 0 Å². The molecule has 0 bridgehead atoms. The number of carbonyl (C=O) groups excluding carboxylic acids is 1. The summed E-state index contributed by atoms with van der Waals surface area (Å²) >= 11 is 7.49. The smallest absolute Gasteiger partial charge is 0.234 e. The third-order valence-corrected chi connectivity index (χ3v) is 5.71. The lowest BCUT2D eigenvalue weighted by Gasteiger charge is -2.33. The van der Waals surface area contributed by atoms with Crippen LogP contribution in [-0.2, 0) is 10.5 Å². The van der Waals surface area contributed by atoms with Gasteiger partial charge in [-0.05, 0) is 30.2 Å². The van der Waals surface area contributed by atoms with Crippen molar-refractivity contribution < 1.29 is 4.79 Å². The number of hydrogen-bond acceptors (Lipinski definition) is 2. The lowest BCUT2D eigenvalue weighted by molar-refractivity contribution is -0.120. The van der Waals surface area contributed by atoms with Gasteiger partial charge in [0.2, 0.25) is 5.91 Å². The molecule has 0 spiro atoms. The number of allylic oxidation sites excluding steroid dienone is 1. The zero-order valence-electron chi connectivity index (χ0n) is 13.0. The minimum Gasteiger partial charge on any atom is -0.368 e. The summed E-state index contributed by atoms with van der Waals surface area (Å²) in [6, 6.07) is 17.5. The van der Waals surface area contributed by atoms with Gasteiger partial charge in [0, 0.05) is 16.7 Å². The fraction of sp³-hybridized carbons (Fsp3) is 0.211. The van der Waals surface area contributed by atoms with E-state index in [2.05, 4.69) is 6.58 Å². The first kappa shape index (κ1) is 17.6. The Balaban J connectivity index is 2.28. The molecule has 2 atom stereocenters. The normalized spacial score (nSPS) is 14.7. The summed E-state index contributed by atoms with van der Waals surface area (Å²) in [6.07, 6.45) is 1.78. The average molecular weight is 346 g/mol. The zero-order chi connectivity index (χ0) is 16.9. The number of amides is 1. The molecule has 0 fully saturated rings. The third-order valence-electron chi connectivity index (χ3n) is 3.93. The van der Waals surface area contributed by atoms with E-state index in [1.165, 1.54) is 11.8 Å². The first-order valence-electron chi connectivity index (χ1n) is 7.33. The maximum Gasteiger partial charge on any atom is 0.234 e. The van der Waals surface area contributed by atoms with Crippen LogP contribution in [0.3, 0.4) is 0 Å². The van der Waals surface area contributed by atoms with Crippen molar-refractivity contribution in [3.8, 4) is 0 Å². The number of nitrogens with two attached hydrogens (primary N) is 1. The largest absolute Gasteiger partial charge is 0.368 e. The molecule has 0 aliphatic carbocycles. The molecule has 23 heavy (non-hydrogen) atoms. The number of benzene rings is 2. The standard InChI is InChI=1S/C19H20ClNOS/c1-3-17(15-9-11-16(20)12-10-15)19(2,18(21)22)23-13-14-7-5-4-6-8-14/h3-12,17H,1,13H2,2H3,(H2,21,22)/t17-,19-/m1/s1. The molecule has 2 nitrogen and oxygen atoms in total. The van der Waals surface area contributed by atoms with E-state index >= 15 is 0 Å². The highest BCUT2D eigenvalue weighted by Crippen LogP contribution is 2.42. The van der Waals surface area contributed by atoms with Crippen LogP contribution in [0.15, 0.2) is 67.3 Å². The van der Waals surface area contributed by atoms with E-state index in [-0.39, 0.29) is 11.8 Å². The Morgan fingerprint density at radius 2 is 1.87 bits per heavy atom. The third kappa shape index (κ3) is 4.18. The van der Waals surface area contributed by atoms with E-state index in [0.717, 1.165) is 11.1 Å². The van der Waals surface area contributed by atoms with Crippen LogP contribution in [0.2, 0.25) is 5.02 Å². The summed E-state index contributed by atoms with van der Waals surface area (Å²) in [5, 5.41) is 0.661. The molecule has 0 aliphatic rings. The Hall–Kier alpha value is -1.71. The Morgan fingerprint density at radius 3 is 2.39 bits per heavy atom. The second-order valence-electron chi connectivity index (χ2n) is 5.51. The van der Waals surface area contributed by atoms with Crippen molar-refractivity contribution in [1.29, 1.82) is 0 Å². The molecule has 2 rings (SSSR count). The highest BCUT2D eigenvalue weighted by Gasteiger charge is 2.39. The van der Waals surface area contributed by atoms with Crippen LogP contribution in [0.25, 0.3) is 0 Å². The summed E-state index contributed by atoms with van der Waals surface area (Å²) < 4.78 is -0.786. The van der Waals surface area contributed by atoms with Crippen molar-refractivity contribution in [2.75, 3.05) is 0 Å². The van der Waals surface area contributed by atoms with E-state index in [4.69, 9.17) is 17.3 Å². The summed E-state index contributed by atoms with van der Waals surface area (Å²) in [6.45, 7) is 5.79. The molecular formula is C19H20ClNOS. The number of thioether (sulfide) groups is 1. The van der Waals surface area contributed by atoms with Crippen LogP contribution < -0.4 is 5.73 Å². The highest BCUT2D eigenvalue weighted by atomic mass is 35.5. The molecule has 0 aliphatic heterocycles. The van der Waals surface area contributed by atoms with Gasteiger partial charge in [-0.15, -0.1) is 18.3 Å². The van der Waals surface area contributed by atoms with Gasteiger partial charge in [-0.1, -0.05) is 60.1 Å². The van der Waals surface area contributed by atoms with E-state index in [0.29, 0.717) is 10.8 Å². The van der Waals surface area contributed by atoms with Gasteiger partial charge in [-0.3, -0.25) is 4.79 Å². The van der Waals surface area contributed by atoms with Crippen LogP contribution in [0.5, 0.6) is 0 Å². The number of carbonyl (C=O) groups is 1. The quantitative estimate of drug-likeness (QED) is 0.733. The van der Waals surface area contributed by atoms with E-state index in [1.54, 1.807) is 6.08 Å². The fourth-order valence-corrected chi connectivity index (χ4v) is 3.81. The monoisotopic (exact) mass is 345 g/mol. The van der Waals surface area contributed by atoms with Crippen LogP contribution in [-0.4, -0.2) is 10.7 Å². The topological polar surface area (TPSA) is 43.1 Å². The van der Waals surface area contributed by atoms with E-state index in [1.807, 2.05) is 61.5 Å². The predicted octanol–water partition coefficient (Wildman–Crippen LogP) is 4.79. The highest BCUT2D eigenvalue weighted by molar-refractivity contribution is 8.00. The fourth-order valence-electron chi connectivity index (χ4n) is 2.47. The minimum atomic E-state index is -0.786. The summed E-state index contributed by atoms with van der Waals surface area (Å²) in [5.74, 6) is 0.169. The van der Waals surface area contributed by atoms with Crippen molar-refractivity contribution in [3.05, 3.63) is 83.4 Å². The van der Waals surface area contributed by atoms with Gasteiger partial charge >= 0.3 is 0 Å². The molecule has 2 aromatic carbocycles. The SMILES string of the molecule is C=C[C@H](c1ccc(Cl)cc1)[C@@](C)(SCc1ccccc1)C(N)=O. The number of halogens is 1. The average Bonchev–Trinajstić information content (AvgIpc) is 2.56. The second-order valence-corrected chi connectivity index (χ2v) is 7.37. The Kier molecular flexibility index (Phi) is 5.91. The van der Waals surface area contributed by atoms with Crippen LogP contribution in [0.1, 0.15) is 24.0 Å². The molecule has 2 aromatic rings. The van der Waals surface area contributed by atoms with Gasteiger partial charge in [-0.2, -0.15) is 0 Å². The molecule has 0 aromatic heterocycles. The van der Waals surface area contributed by atoms with Crippen molar-refractivity contribution in [3.63, 3.8) is 0 Å². The lowest BCUT2D eigenvalue weighted by atomic mass is 9.86. The maximum atomic E-state index is 12.2. The molecule has 4 heteroatoms. The molecule has 120 valence electrons. The Bertz CT molecular complexity index is 672. The molecule has 0 saturated heterocycles. The Morgan fingerprint density at radius 1 is 1.26 bits per heavy atom. The number of hydrogen-bond donors (Lipinski definition) is 1. The van der Waals surface area contributed by atoms with Gasteiger partial charge in [-0.25, -0.2) is 0 Å². The van der Waals surface area contributed by atoms with Gasteiger partial charge in [0.05, 0.1) is 0 Å². The molecular weight excluding hydrogens is 326 g/mol. The molecule has 1 amide bonds. The molecule has 0 radical (unpaired) electrons. The first-order valence-corrected chi connectivity index (χ1v) is 8.69. The van der Waals surface area contributed by atoms with E-state index < -0.39 is 4.75 Å². The van der Waals surface area contributed by atoms with Crippen molar-refractivity contribution in [2.24, 2.45) is 5.73 Å². The molecule has 0 unspecified atom stereocenters. The molecule has 0 heterocycles. The predicted molar refractivity (Wildman–Crippen MR) is 99.7 cm³/mol.